The number of hydrogen-bond acceptors (Lipinski definition) is 5. The molecule has 7 nitrogen and oxygen atoms in total. The second-order valence-electron chi connectivity index (χ2n) is 4.93. The summed E-state index contributed by atoms with van der Waals surface area (Å²) in [6, 6.07) is 1.90. The van der Waals surface area contributed by atoms with Crippen molar-refractivity contribution in [3.8, 4) is 0 Å². The number of nitrogens with one attached hydrogen (secondary N) is 1. The van der Waals surface area contributed by atoms with Gasteiger partial charge in [-0.25, -0.2) is 4.68 Å². The number of rotatable bonds is 6. The van der Waals surface area contributed by atoms with Gasteiger partial charge in [0, 0.05) is 26.0 Å². The number of anilines is 1. The number of nitrogens with zero attached hydrogens (tertiary/aromatic N) is 4. The summed E-state index contributed by atoms with van der Waals surface area (Å²) in [6.45, 7) is 4.44. The molecule has 0 aliphatic rings. The summed E-state index contributed by atoms with van der Waals surface area (Å²) in [5.74, 6) is 0.444. The van der Waals surface area contributed by atoms with E-state index in [-0.39, 0.29) is 10.6 Å². The van der Waals surface area contributed by atoms with Crippen LogP contribution in [0.4, 0.5) is 11.5 Å². The summed E-state index contributed by atoms with van der Waals surface area (Å²) >= 11 is 0. The van der Waals surface area contributed by atoms with E-state index in [1.54, 1.807) is 24.1 Å². The fourth-order valence-electron chi connectivity index (χ4n) is 2.24. The minimum absolute atomic E-state index is 0.0751. The third-order valence-corrected chi connectivity index (χ3v) is 3.34. The lowest BCUT2D eigenvalue weighted by atomic mass is 10.1. The highest BCUT2D eigenvalue weighted by molar-refractivity contribution is 5.60. The normalized spacial score (nSPS) is 10.6. The highest BCUT2D eigenvalue weighted by atomic mass is 16.6. The lowest BCUT2D eigenvalue weighted by molar-refractivity contribution is -0.384. The highest BCUT2D eigenvalue weighted by Gasteiger charge is 2.25. The maximum absolute atomic E-state index is 11.3. The number of pyridine rings is 1. The Balaban J connectivity index is 2.27. The zero-order valence-corrected chi connectivity index (χ0v) is 12.5. The van der Waals surface area contributed by atoms with E-state index in [2.05, 4.69) is 15.4 Å². The van der Waals surface area contributed by atoms with Gasteiger partial charge in [-0.3, -0.25) is 15.1 Å². The third kappa shape index (κ3) is 3.18. The first-order chi connectivity index (χ1) is 10.0. The predicted molar refractivity (Wildman–Crippen MR) is 80.2 cm³/mol. The molecule has 0 atom stereocenters. The molecule has 2 aromatic heterocycles. The molecule has 7 heteroatoms. The van der Waals surface area contributed by atoms with Crippen LogP contribution < -0.4 is 5.32 Å². The van der Waals surface area contributed by atoms with Crippen molar-refractivity contribution in [1.82, 2.24) is 14.8 Å². The first-order valence-electron chi connectivity index (χ1n) is 6.88. The average Bonchev–Trinajstić information content (AvgIpc) is 2.74. The second-order valence-corrected chi connectivity index (χ2v) is 4.93. The quantitative estimate of drug-likeness (QED) is 0.652. The topological polar surface area (TPSA) is 85.9 Å². The molecule has 0 radical (unpaired) electrons. The number of aromatic nitrogens is 3. The van der Waals surface area contributed by atoms with Crippen LogP contribution in [0.1, 0.15) is 30.2 Å². The lowest BCUT2D eigenvalue weighted by Crippen LogP contribution is -2.07. The Morgan fingerprint density at radius 3 is 2.86 bits per heavy atom. The molecule has 0 aliphatic carbocycles. The Bertz CT molecular complexity index is 651. The minimum Gasteiger partial charge on any atom is -0.360 e. The van der Waals surface area contributed by atoms with Crippen molar-refractivity contribution in [1.29, 1.82) is 0 Å². The van der Waals surface area contributed by atoms with E-state index in [0.29, 0.717) is 24.5 Å². The van der Waals surface area contributed by atoms with Gasteiger partial charge in [-0.1, -0.05) is 13.3 Å². The van der Waals surface area contributed by atoms with Crippen LogP contribution >= 0.6 is 0 Å². The van der Waals surface area contributed by atoms with Crippen molar-refractivity contribution in [2.75, 3.05) is 5.32 Å². The second kappa shape index (κ2) is 6.34. The summed E-state index contributed by atoms with van der Waals surface area (Å²) in [4.78, 5) is 15.0. The zero-order valence-electron chi connectivity index (χ0n) is 12.5. The summed E-state index contributed by atoms with van der Waals surface area (Å²) in [7, 11) is 1.72. The number of aryl methyl sites for hydroxylation is 3. The Morgan fingerprint density at radius 1 is 1.48 bits per heavy atom. The first kappa shape index (κ1) is 15.0. The van der Waals surface area contributed by atoms with Gasteiger partial charge in [0.2, 0.25) is 5.82 Å². The van der Waals surface area contributed by atoms with Gasteiger partial charge in [-0.15, -0.1) is 0 Å². The molecule has 21 heavy (non-hydrogen) atoms. The smallest absolute Gasteiger partial charge is 0.334 e. The molecule has 0 saturated heterocycles. The van der Waals surface area contributed by atoms with Crippen LogP contribution in [0.2, 0.25) is 0 Å². The third-order valence-electron chi connectivity index (χ3n) is 3.34. The number of nitro groups is 1. The molecule has 0 spiro atoms. The van der Waals surface area contributed by atoms with Crippen LogP contribution in [0.3, 0.4) is 0 Å². The summed E-state index contributed by atoms with van der Waals surface area (Å²) in [5.41, 5.74) is 2.70. The van der Waals surface area contributed by atoms with Crippen LogP contribution in [0.5, 0.6) is 0 Å². The molecule has 1 N–H and O–H groups in total. The van der Waals surface area contributed by atoms with Gasteiger partial charge in [-0.2, -0.15) is 5.10 Å². The SMILES string of the molecule is CCCc1nn(C)c(NCc2ccncc2C)c1[N+](=O)[O-]. The molecule has 0 unspecified atom stereocenters. The lowest BCUT2D eigenvalue weighted by Gasteiger charge is -2.08. The van der Waals surface area contributed by atoms with Gasteiger partial charge in [0.1, 0.15) is 5.69 Å². The molecule has 112 valence electrons. The van der Waals surface area contributed by atoms with E-state index >= 15 is 0 Å². The molecular formula is C14H19N5O2. The van der Waals surface area contributed by atoms with Gasteiger partial charge < -0.3 is 5.32 Å². The fraction of sp³-hybridized carbons (Fsp3) is 0.429. The monoisotopic (exact) mass is 289 g/mol. The Kier molecular flexibility index (Phi) is 4.52. The van der Waals surface area contributed by atoms with E-state index in [1.807, 2.05) is 19.9 Å². The molecular weight excluding hydrogens is 270 g/mol. The molecule has 0 bridgehead atoms. The van der Waals surface area contributed by atoms with Gasteiger partial charge in [0.05, 0.1) is 4.92 Å². The van der Waals surface area contributed by atoms with E-state index in [0.717, 1.165) is 17.5 Å². The van der Waals surface area contributed by atoms with Crippen molar-refractivity contribution in [3.05, 3.63) is 45.4 Å². The molecule has 2 aromatic rings. The molecule has 0 saturated carbocycles. The summed E-state index contributed by atoms with van der Waals surface area (Å²) in [6.07, 6.45) is 4.90. The van der Waals surface area contributed by atoms with Crippen LogP contribution in [-0.4, -0.2) is 19.7 Å². The van der Waals surface area contributed by atoms with Gasteiger partial charge >= 0.3 is 5.69 Å². The van der Waals surface area contributed by atoms with Gasteiger partial charge in [0.15, 0.2) is 0 Å². The van der Waals surface area contributed by atoms with Crippen LogP contribution in [0.15, 0.2) is 18.5 Å². The largest absolute Gasteiger partial charge is 0.360 e. The van der Waals surface area contributed by atoms with E-state index < -0.39 is 0 Å². The summed E-state index contributed by atoms with van der Waals surface area (Å²) in [5, 5.41) is 18.7. The summed E-state index contributed by atoms with van der Waals surface area (Å²) < 4.78 is 1.54. The first-order valence-corrected chi connectivity index (χ1v) is 6.88. The average molecular weight is 289 g/mol. The van der Waals surface area contributed by atoms with Gasteiger partial charge in [0.25, 0.3) is 0 Å². The fourth-order valence-corrected chi connectivity index (χ4v) is 2.24. The molecule has 2 rings (SSSR count). The molecule has 0 amide bonds. The van der Waals surface area contributed by atoms with E-state index in [9.17, 15) is 10.1 Å². The maximum Gasteiger partial charge on any atom is 0.334 e. The molecule has 2 heterocycles. The predicted octanol–water partition coefficient (Wildman–Crippen LogP) is 2.60. The minimum atomic E-state index is -0.361. The van der Waals surface area contributed by atoms with Crippen molar-refractivity contribution < 1.29 is 4.92 Å². The Morgan fingerprint density at radius 2 is 2.24 bits per heavy atom. The molecule has 0 aliphatic heterocycles. The highest BCUT2D eigenvalue weighted by Crippen LogP contribution is 2.29. The molecule has 0 fully saturated rings. The Labute approximate surface area is 123 Å². The zero-order chi connectivity index (χ0) is 15.4. The van der Waals surface area contributed by atoms with Crippen molar-refractivity contribution in [3.63, 3.8) is 0 Å². The van der Waals surface area contributed by atoms with E-state index in [4.69, 9.17) is 0 Å². The molecule has 0 aromatic carbocycles. The maximum atomic E-state index is 11.3. The van der Waals surface area contributed by atoms with Crippen LogP contribution in [0.25, 0.3) is 0 Å². The van der Waals surface area contributed by atoms with Gasteiger partial charge in [-0.05, 0) is 30.5 Å². The standard InChI is InChI=1S/C14H19N5O2/c1-4-5-12-13(19(20)21)14(18(3)17-12)16-9-11-6-7-15-8-10(11)2/h6-8,16H,4-5,9H2,1-3H3. The van der Waals surface area contributed by atoms with Crippen LogP contribution in [0, 0.1) is 17.0 Å². The van der Waals surface area contributed by atoms with Crippen molar-refractivity contribution >= 4 is 11.5 Å². The van der Waals surface area contributed by atoms with E-state index in [1.165, 1.54) is 0 Å². The Hall–Kier alpha value is -2.44. The van der Waals surface area contributed by atoms with Crippen molar-refractivity contribution in [2.45, 2.75) is 33.2 Å². The number of hydrogen-bond donors (Lipinski definition) is 1. The van der Waals surface area contributed by atoms with Crippen LogP contribution in [-0.2, 0) is 20.0 Å². The van der Waals surface area contributed by atoms with Crippen molar-refractivity contribution in [2.24, 2.45) is 7.05 Å².